The van der Waals surface area contributed by atoms with E-state index >= 15 is 0 Å². The van der Waals surface area contributed by atoms with E-state index in [0.29, 0.717) is 11.4 Å². The molecule has 0 aliphatic rings. The Balaban J connectivity index is 2.99. The normalized spacial score (nSPS) is 12.1. The van der Waals surface area contributed by atoms with E-state index in [2.05, 4.69) is 0 Å². The van der Waals surface area contributed by atoms with E-state index in [-0.39, 0.29) is 12.3 Å². The maximum atomic E-state index is 10.6. The first-order valence-electron chi connectivity index (χ1n) is 4.69. The molecule has 1 unspecified atom stereocenters. The number of carboxylic acid groups (broad SMARTS) is 1. The minimum absolute atomic E-state index is 0.0693. The van der Waals surface area contributed by atoms with Gasteiger partial charge in [0.25, 0.3) is 0 Å². The van der Waals surface area contributed by atoms with Gasteiger partial charge in [-0.2, -0.15) is 0 Å². The van der Waals surface area contributed by atoms with E-state index in [1.54, 1.807) is 25.3 Å². The first-order valence-corrected chi connectivity index (χ1v) is 4.69. The van der Waals surface area contributed by atoms with Crippen LogP contribution in [-0.2, 0) is 4.79 Å². The summed E-state index contributed by atoms with van der Waals surface area (Å²) >= 11 is 0. The van der Waals surface area contributed by atoms with Crippen LogP contribution in [0.15, 0.2) is 18.2 Å². The van der Waals surface area contributed by atoms with Crippen LogP contribution in [0, 0.1) is 0 Å². The molecule has 0 spiro atoms. The van der Waals surface area contributed by atoms with Gasteiger partial charge in [-0.3, -0.25) is 4.79 Å². The zero-order valence-electron chi connectivity index (χ0n) is 8.86. The van der Waals surface area contributed by atoms with Crippen molar-refractivity contribution in [2.24, 2.45) is 0 Å². The zero-order valence-corrected chi connectivity index (χ0v) is 8.86. The van der Waals surface area contributed by atoms with Gasteiger partial charge in [-0.25, -0.2) is 0 Å². The van der Waals surface area contributed by atoms with Crippen molar-refractivity contribution >= 4 is 11.7 Å². The number of aliphatic carboxylic acids is 1. The van der Waals surface area contributed by atoms with Gasteiger partial charge in [-0.15, -0.1) is 0 Å². The highest BCUT2D eigenvalue weighted by molar-refractivity contribution is 5.68. The quantitative estimate of drug-likeness (QED) is 0.742. The second-order valence-corrected chi connectivity index (χ2v) is 3.50. The molecule has 15 heavy (non-hydrogen) atoms. The molecular formula is C11H15NO3. The topological polar surface area (TPSA) is 72.5 Å². The lowest BCUT2D eigenvalue weighted by Crippen LogP contribution is -2.05. The van der Waals surface area contributed by atoms with E-state index in [0.717, 1.165) is 5.56 Å². The lowest BCUT2D eigenvalue weighted by molar-refractivity contribution is -0.137. The number of anilines is 1. The first-order chi connectivity index (χ1) is 7.04. The van der Waals surface area contributed by atoms with Gasteiger partial charge in [0.1, 0.15) is 5.75 Å². The Labute approximate surface area is 88.7 Å². The minimum Gasteiger partial charge on any atom is -0.496 e. The van der Waals surface area contributed by atoms with Crippen molar-refractivity contribution in [1.29, 1.82) is 0 Å². The molecule has 0 aliphatic carbocycles. The Morgan fingerprint density at radius 3 is 2.80 bits per heavy atom. The third-order valence-corrected chi connectivity index (χ3v) is 2.27. The summed E-state index contributed by atoms with van der Waals surface area (Å²) < 4.78 is 5.15. The average Bonchev–Trinajstić information content (AvgIpc) is 2.16. The fourth-order valence-corrected chi connectivity index (χ4v) is 1.51. The summed E-state index contributed by atoms with van der Waals surface area (Å²) in [5.41, 5.74) is 7.09. The van der Waals surface area contributed by atoms with Crippen LogP contribution < -0.4 is 10.5 Å². The summed E-state index contributed by atoms with van der Waals surface area (Å²) in [7, 11) is 1.56. The highest BCUT2D eigenvalue weighted by Crippen LogP contribution is 2.30. The number of hydrogen-bond donors (Lipinski definition) is 2. The maximum absolute atomic E-state index is 10.6. The summed E-state index contributed by atoms with van der Waals surface area (Å²) in [6, 6.07) is 5.24. The van der Waals surface area contributed by atoms with Crippen molar-refractivity contribution in [1.82, 2.24) is 0 Å². The fourth-order valence-electron chi connectivity index (χ4n) is 1.51. The van der Waals surface area contributed by atoms with Crippen LogP contribution in [0.2, 0.25) is 0 Å². The minimum atomic E-state index is -0.827. The lowest BCUT2D eigenvalue weighted by Gasteiger charge is -2.14. The van der Waals surface area contributed by atoms with Gasteiger partial charge < -0.3 is 15.6 Å². The summed E-state index contributed by atoms with van der Waals surface area (Å²) in [5.74, 6) is -0.258. The van der Waals surface area contributed by atoms with Gasteiger partial charge in [0.2, 0.25) is 0 Å². The Hall–Kier alpha value is -1.71. The fraction of sp³-hybridized carbons (Fsp3) is 0.364. The molecule has 0 aromatic heterocycles. The Kier molecular flexibility index (Phi) is 3.55. The molecule has 82 valence electrons. The first kappa shape index (κ1) is 11.4. The molecule has 0 saturated carbocycles. The molecule has 4 heteroatoms. The van der Waals surface area contributed by atoms with Crippen LogP contribution in [-0.4, -0.2) is 18.2 Å². The lowest BCUT2D eigenvalue weighted by atomic mass is 9.96. The van der Waals surface area contributed by atoms with E-state index in [4.69, 9.17) is 15.6 Å². The number of benzene rings is 1. The maximum Gasteiger partial charge on any atom is 0.303 e. The number of nitrogens with two attached hydrogens (primary N) is 1. The monoisotopic (exact) mass is 209 g/mol. The number of nitrogen functional groups attached to an aromatic ring is 1. The molecule has 0 heterocycles. The molecule has 1 aromatic carbocycles. The van der Waals surface area contributed by atoms with Crippen LogP contribution in [0.3, 0.4) is 0 Å². The van der Waals surface area contributed by atoms with E-state index in [1.807, 2.05) is 6.92 Å². The molecule has 4 nitrogen and oxygen atoms in total. The number of ether oxygens (including phenoxy) is 1. The van der Waals surface area contributed by atoms with Gasteiger partial charge in [-0.1, -0.05) is 6.92 Å². The van der Waals surface area contributed by atoms with Gasteiger partial charge in [0, 0.05) is 5.69 Å². The molecule has 0 amide bonds. The molecule has 0 aliphatic heterocycles. The molecule has 0 radical (unpaired) electrons. The largest absolute Gasteiger partial charge is 0.496 e. The molecule has 0 saturated heterocycles. The summed E-state index contributed by atoms with van der Waals surface area (Å²) in [6.07, 6.45) is 0.0693. The van der Waals surface area contributed by atoms with Crippen molar-refractivity contribution in [3.05, 3.63) is 23.8 Å². The van der Waals surface area contributed by atoms with Crippen molar-refractivity contribution in [2.45, 2.75) is 19.3 Å². The van der Waals surface area contributed by atoms with Crippen LogP contribution >= 0.6 is 0 Å². The smallest absolute Gasteiger partial charge is 0.303 e. The van der Waals surface area contributed by atoms with Crippen LogP contribution in [0.4, 0.5) is 5.69 Å². The average molecular weight is 209 g/mol. The standard InChI is InChI=1S/C11H15NO3/c1-7(5-11(13)14)9-6-8(12)3-4-10(9)15-2/h3-4,6-7H,5,12H2,1-2H3,(H,13,14). The molecule has 0 fully saturated rings. The van der Waals surface area contributed by atoms with Gasteiger partial charge in [-0.05, 0) is 29.7 Å². The third kappa shape index (κ3) is 2.87. The van der Waals surface area contributed by atoms with Crippen molar-refractivity contribution < 1.29 is 14.6 Å². The number of hydrogen-bond acceptors (Lipinski definition) is 3. The highest BCUT2D eigenvalue weighted by atomic mass is 16.5. The van der Waals surface area contributed by atoms with Crippen molar-refractivity contribution in [3.63, 3.8) is 0 Å². The number of carboxylic acids is 1. The molecular weight excluding hydrogens is 194 g/mol. The zero-order chi connectivity index (χ0) is 11.4. The molecule has 1 atom stereocenters. The number of methoxy groups -OCH3 is 1. The molecule has 3 N–H and O–H groups in total. The molecule has 1 rings (SSSR count). The second kappa shape index (κ2) is 4.68. The predicted molar refractivity (Wildman–Crippen MR) is 58.1 cm³/mol. The summed E-state index contributed by atoms with van der Waals surface area (Å²) in [6.45, 7) is 1.84. The summed E-state index contributed by atoms with van der Waals surface area (Å²) in [4.78, 5) is 10.6. The number of rotatable bonds is 4. The van der Waals surface area contributed by atoms with Gasteiger partial charge in [0.15, 0.2) is 0 Å². The van der Waals surface area contributed by atoms with E-state index < -0.39 is 5.97 Å². The Morgan fingerprint density at radius 2 is 2.27 bits per heavy atom. The highest BCUT2D eigenvalue weighted by Gasteiger charge is 2.14. The van der Waals surface area contributed by atoms with Crippen LogP contribution in [0.1, 0.15) is 24.8 Å². The Morgan fingerprint density at radius 1 is 1.60 bits per heavy atom. The predicted octanol–water partition coefficient (Wildman–Crippen LogP) is 1.86. The molecule has 1 aromatic rings. The van der Waals surface area contributed by atoms with E-state index in [9.17, 15) is 4.79 Å². The van der Waals surface area contributed by atoms with Gasteiger partial charge >= 0.3 is 5.97 Å². The Bertz CT molecular complexity index is 363. The summed E-state index contributed by atoms with van der Waals surface area (Å²) in [5, 5.41) is 8.71. The SMILES string of the molecule is COc1ccc(N)cc1C(C)CC(=O)O. The van der Waals surface area contributed by atoms with Crippen LogP contribution in [0.5, 0.6) is 5.75 Å². The second-order valence-electron chi connectivity index (χ2n) is 3.50. The number of carbonyl (C=O) groups is 1. The van der Waals surface area contributed by atoms with E-state index in [1.165, 1.54) is 0 Å². The third-order valence-electron chi connectivity index (χ3n) is 2.27. The van der Waals surface area contributed by atoms with Crippen molar-refractivity contribution in [3.8, 4) is 5.75 Å². The molecule has 0 bridgehead atoms. The van der Waals surface area contributed by atoms with Gasteiger partial charge in [0.05, 0.1) is 13.5 Å². The van der Waals surface area contributed by atoms with Crippen molar-refractivity contribution in [2.75, 3.05) is 12.8 Å². The van der Waals surface area contributed by atoms with Crippen LogP contribution in [0.25, 0.3) is 0 Å².